The van der Waals surface area contributed by atoms with Crippen LogP contribution in [0.15, 0.2) is 30.3 Å². The van der Waals surface area contributed by atoms with Crippen LogP contribution in [0, 0.1) is 5.92 Å². The number of nitrogens with zero attached hydrogens (tertiary/aromatic N) is 1. The number of hydrogen-bond acceptors (Lipinski definition) is 4. The van der Waals surface area contributed by atoms with Crippen LogP contribution in [0.5, 0.6) is 0 Å². The van der Waals surface area contributed by atoms with Crippen molar-refractivity contribution in [2.24, 2.45) is 5.92 Å². The number of hydrogen-bond donors (Lipinski definition) is 2. The van der Waals surface area contributed by atoms with Crippen LogP contribution in [-0.4, -0.2) is 40.7 Å². The number of amides is 4. The SMILES string of the molecule is CC(C)[C@@H]1NC(=O)N(C(Cc2ccccc2)NC(=O)OC(C)(C)C)C1=O. The van der Waals surface area contributed by atoms with Crippen LogP contribution in [0.25, 0.3) is 0 Å². The van der Waals surface area contributed by atoms with Gasteiger partial charge in [-0.15, -0.1) is 0 Å². The molecule has 0 spiro atoms. The van der Waals surface area contributed by atoms with E-state index in [0.29, 0.717) is 6.42 Å². The molecule has 1 aliphatic rings. The van der Waals surface area contributed by atoms with Crippen LogP contribution in [0.4, 0.5) is 9.59 Å². The van der Waals surface area contributed by atoms with Crippen molar-refractivity contribution in [3.63, 3.8) is 0 Å². The molecule has 1 aliphatic heterocycles. The van der Waals surface area contributed by atoms with Gasteiger partial charge in [-0.3, -0.25) is 4.79 Å². The van der Waals surface area contributed by atoms with Crippen molar-refractivity contribution >= 4 is 18.0 Å². The van der Waals surface area contributed by atoms with Crippen molar-refractivity contribution in [3.05, 3.63) is 35.9 Å². The van der Waals surface area contributed by atoms with Crippen LogP contribution in [-0.2, 0) is 16.0 Å². The molecular weight excluding hydrogens is 334 g/mol. The summed E-state index contributed by atoms with van der Waals surface area (Å²) >= 11 is 0. The van der Waals surface area contributed by atoms with E-state index in [0.717, 1.165) is 10.5 Å². The largest absolute Gasteiger partial charge is 0.444 e. The van der Waals surface area contributed by atoms with Gasteiger partial charge in [-0.1, -0.05) is 44.2 Å². The molecule has 0 saturated carbocycles. The Morgan fingerprint density at radius 2 is 1.85 bits per heavy atom. The van der Waals surface area contributed by atoms with Crippen LogP contribution < -0.4 is 10.6 Å². The predicted molar refractivity (Wildman–Crippen MR) is 97.3 cm³/mol. The first-order valence-electron chi connectivity index (χ1n) is 8.75. The maximum absolute atomic E-state index is 12.7. The van der Waals surface area contributed by atoms with Gasteiger partial charge in [-0.25, -0.2) is 14.5 Å². The minimum Gasteiger partial charge on any atom is -0.444 e. The lowest BCUT2D eigenvalue weighted by molar-refractivity contribution is -0.130. The molecule has 0 aliphatic carbocycles. The summed E-state index contributed by atoms with van der Waals surface area (Å²) in [5.74, 6) is -0.391. The minimum absolute atomic E-state index is 0.0460. The van der Waals surface area contributed by atoms with E-state index in [1.54, 1.807) is 20.8 Å². The fraction of sp³-hybridized carbons (Fsp3) is 0.526. The number of carbonyl (C=O) groups excluding carboxylic acids is 3. The van der Waals surface area contributed by atoms with Crippen molar-refractivity contribution in [2.45, 2.75) is 58.8 Å². The third-order valence-electron chi connectivity index (χ3n) is 3.93. The molecular formula is C19H27N3O4. The quantitative estimate of drug-likeness (QED) is 0.789. The van der Waals surface area contributed by atoms with Gasteiger partial charge in [-0.2, -0.15) is 0 Å². The number of urea groups is 1. The van der Waals surface area contributed by atoms with Crippen molar-refractivity contribution in [1.29, 1.82) is 0 Å². The fourth-order valence-corrected chi connectivity index (χ4v) is 2.75. The number of carbonyl (C=O) groups is 3. The van der Waals surface area contributed by atoms with Crippen molar-refractivity contribution < 1.29 is 19.1 Å². The molecule has 7 nitrogen and oxygen atoms in total. The summed E-state index contributed by atoms with van der Waals surface area (Å²) in [6, 6.07) is 8.25. The van der Waals surface area contributed by atoms with Crippen LogP contribution in [0.2, 0.25) is 0 Å². The topological polar surface area (TPSA) is 87.7 Å². The highest BCUT2D eigenvalue weighted by molar-refractivity contribution is 6.04. The average Bonchev–Trinajstić information content (AvgIpc) is 2.81. The smallest absolute Gasteiger partial charge is 0.409 e. The zero-order valence-corrected chi connectivity index (χ0v) is 15.9. The molecule has 1 unspecified atom stereocenters. The molecule has 1 saturated heterocycles. The van der Waals surface area contributed by atoms with Gasteiger partial charge >= 0.3 is 12.1 Å². The van der Waals surface area contributed by atoms with E-state index in [1.165, 1.54) is 0 Å². The molecule has 142 valence electrons. The van der Waals surface area contributed by atoms with Gasteiger partial charge < -0.3 is 15.4 Å². The Kier molecular flexibility index (Phi) is 5.90. The molecule has 26 heavy (non-hydrogen) atoms. The normalized spacial score (nSPS) is 18.7. The van der Waals surface area contributed by atoms with Gasteiger partial charge in [0.2, 0.25) is 0 Å². The van der Waals surface area contributed by atoms with Gasteiger partial charge in [0.1, 0.15) is 17.8 Å². The monoisotopic (exact) mass is 361 g/mol. The van der Waals surface area contributed by atoms with Crippen molar-refractivity contribution in [3.8, 4) is 0 Å². The molecule has 1 aromatic rings. The highest BCUT2D eigenvalue weighted by Crippen LogP contribution is 2.18. The van der Waals surface area contributed by atoms with Crippen molar-refractivity contribution in [2.75, 3.05) is 0 Å². The highest BCUT2D eigenvalue weighted by atomic mass is 16.6. The average molecular weight is 361 g/mol. The number of ether oxygens (including phenoxy) is 1. The van der Waals surface area contributed by atoms with E-state index in [-0.39, 0.29) is 11.8 Å². The molecule has 2 atom stereocenters. The minimum atomic E-state index is -0.830. The molecule has 1 heterocycles. The molecule has 2 rings (SSSR count). The first-order valence-corrected chi connectivity index (χ1v) is 8.75. The molecule has 0 radical (unpaired) electrons. The fourth-order valence-electron chi connectivity index (χ4n) is 2.75. The number of rotatable bonds is 5. The summed E-state index contributed by atoms with van der Waals surface area (Å²) in [5.41, 5.74) is 0.209. The van der Waals surface area contributed by atoms with Gasteiger partial charge in [0.05, 0.1) is 0 Å². The molecule has 1 aromatic carbocycles. The lowest BCUT2D eigenvalue weighted by atomic mass is 10.0. The summed E-state index contributed by atoms with van der Waals surface area (Å²) < 4.78 is 5.29. The zero-order chi connectivity index (χ0) is 19.5. The maximum atomic E-state index is 12.7. The third-order valence-corrected chi connectivity index (χ3v) is 3.93. The van der Waals surface area contributed by atoms with E-state index in [1.807, 2.05) is 44.2 Å². The molecule has 0 bridgehead atoms. The number of alkyl carbamates (subject to hydrolysis) is 1. The molecule has 7 heteroatoms. The summed E-state index contributed by atoms with van der Waals surface area (Å²) in [5, 5.41) is 5.35. The standard InChI is InChI=1S/C19H27N3O4/c1-12(2)15-16(23)22(17(24)21-15)14(11-13-9-7-6-8-10-13)20-18(25)26-19(3,4)5/h6-10,12,14-15H,11H2,1-5H3,(H,20,25)(H,21,24)/t14?,15-/m0/s1. The molecule has 0 aromatic heterocycles. The predicted octanol–water partition coefficient (Wildman–Crippen LogP) is 2.66. The molecule has 4 amide bonds. The molecule has 1 fully saturated rings. The van der Waals surface area contributed by atoms with Gasteiger partial charge in [0, 0.05) is 6.42 Å². The number of imide groups is 1. The first-order chi connectivity index (χ1) is 12.1. The Balaban J connectivity index is 2.24. The van der Waals surface area contributed by atoms with Crippen LogP contribution in [0.1, 0.15) is 40.2 Å². The second-order valence-electron chi connectivity index (χ2n) is 7.73. The summed E-state index contributed by atoms with van der Waals surface area (Å²) in [6.07, 6.45) is -1.21. The zero-order valence-electron chi connectivity index (χ0n) is 15.9. The van der Waals surface area contributed by atoms with Crippen molar-refractivity contribution in [1.82, 2.24) is 15.5 Å². The Morgan fingerprint density at radius 3 is 2.35 bits per heavy atom. The second-order valence-corrected chi connectivity index (χ2v) is 7.73. The Labute approximate surface area is 154 Å². The van der Waals surface area contributed by atoms with Gasteiger partial charge in [-0.05, 0) is 32.3 Å². The van der Waals surface area contributed by atoms with Crippen LogP contribution in [0.3, 0.4) is 0 Å². The number of benzene rings is 1. The number of nitrogens with one attached hydrogen (secondary N) is 2. The Morgan fingerprint density at radius 1 is 1.23 bits per heavy atom. The van der Waals surface area contributed by atoms with E-state index in [2.05, 4.69) is 10.6 Å². The van der Waals surface area contributed by atoms with Gasteiger partial charge in [0.25, 0.3) is 5.91 Å². The second kappa shape index (κ2) is 7.76. The first kappa shape index (κ1) is 19.8. The van der Waals surface area contributed by atoms with E-state index < -0.39 is 29.9 Å². The lowest BCUT2D eigenvalue weighted by Gasteiger charge is -2.28. The summed E-state index contributed by atoms with van der Waals surface area (Å²) in [6.45, 7) is 8.98. The van der Waals surface area contributed by atoms with E-state index >= 15 is 0 Å². The Hall–Kier alpha value is -2.57. The van der Waals surface area contributed by atoms with Crippen LogP contribution >= 0.6 is 0 Å². The van der Waals surface area contributed by atoms with Gasteiger partial charge in [0.15, 0.2) is 0 Å². The van der Waals surface area contributed by atoms with E-state index in [9.17, 15) is 14.4 Å². The third kappa shape index (κ3) is 4.97. The highest BCUT2D eigenvalue weighted by Gasteiger charge is 2.44. The lowest BCUT2D eigenvalue weighted by Crippen LogP contribution is -2.53. The van der Waals surface area contributed by atoms with E-state index in [4.69, 9.17) is 4.74 Å². The maximum Gasteiger partial charge on any atom is 0.409 e. The summed E-state index contributed by atoms with van der Waals surface area (Å²) in [4.78, 5) is 38.4. The molecule has 2 N–H and O–H groups in total. The Bertz CT molecular complexity index is 667. The summed E-state index contributed by atoms with van der Waals surface area (Å²) in [7, 11) is 0.